The van der Waals surface area contributed by atoms with E-state index in [0.717, 1.165) is 18.7 Å². The highest BCUT2D eigenvalue weighted by atomic mass is 16.5. The number of hydrogen-bond acceptors (Lipinski definition) is 4. The summed E-state index contributed by atoms with van der Waals surface area (Å²) in [4.78, 5) is 11.9. The van der Waals surface area contributed by atoms with Gasteiger partial charge in [0.1, 0.15) is 11.7 Å². The van der Waals surface area contributed by atoms with E-state index in [4.69, 9.17) is 4.74 Å². The second kappa shape index (κ2) is 3.82. The lowest BCUT2D eigenvalue weighted by Crippen LogP contribution is -2.27. The predicted octanol–water partition coefficient (Wildman–Crippen LogP) is 1.60. The minimum Gasteiger partial charge on any atom is -0.468 e. The maximum atomic E-state index is 11.9. The number of hydrogen-bond donors (Lipinski definition) is 0. The maximum absolute atomic E-state index is 11.9. The number of methoxy groups -OCH3 is 1. The molecule has 0 N–H and O–H groups in total. The molecule has 0 aromatic carbocycles. The first-order chi connectivity index (χ1) is 8.28. The van der Waals surface area contributed by atoms with Crippen molar-refractivity contribution in [2.75, 3.05) is 7.11 Å². The smallest absolute Gasteiger partial charge is 0.319 e. The Balaban J connectivity index is 1.93. The van der Waals surface area contributed by atoms with Crippen LogP contribution in [0.4, 0.5) is 0 Å². The molecule has 0 radical (unpaired) electrons. The number of esters is 1. The second-order valence-corrected chi connectivity index (χ2v) is 5.07. The average molecular weight is 235 g/mol. The van der Waals surface area contributed by atoms with Crippen LogP contribution in [0.25, 0.3) is 0 Å². The molecule has 2 aliphatic carbocycles. The van der Waals surface area contributed by atoms with Gasteiger partial charge >= 0.3 is 5.97 Å². The molecule has 5 nitrogen and oxygen atoms in total. The molecule has 0 amide bonds. The minimum absolute atomic E-state index is 0.162. The van der Waals surface area contributed by atoms with Crippen LogP contribution in [0, 0.1) is 0 Å². The zero-order chi connectivity index (χ0) is 11.9. The van der Waals surface area contributed by atoms with Gasteiger partial charge in [-0.25, -0.2) is 0 Å². The van der Waals surface area contributed by atoms with Crippen LogP contribution in [-0.2, 0) is 14.9 Å². The summed E-state index contributed by atoms with van der Waals surface area (Å²) in [5, 5.41) is 8.17. The third kappa shape index (κ3) is 1.56. The van der Waals surface area contributed by atoms with Crippen LogP contribution in [-0.4, -0.2) is 27.8 Å². The number of ether oxygens (including phenoxy) is 1. The zero-order valence-corrected chi connectivity index (χ0v) is 10.1. The van der Waals surface area contributed by atoms with Crippen LogP contribution >= 0.6 is 0 Å². The highest BCUT2D eigenvalue weighted by molar-refractivity contribution is 5.85. The van der Waals surface area contributed by atoms with Gasteiger partial charge in [0, 0.05) is 6.04 Å². The molecule has 0 bridgehead atoms. The van der Waals surface area contributed by atoms with Crippen molar-refractivity contribution in [1.82, 2.24) is 14.8 Å². The molecule has 5 heteroatoms. The van der Waals surface area contributed by atoms with E-state index in [-0.39, 0.29) is 5.97 Å². The number of aromatic nitrogens is 3. The monoisotopic (exact) mass is 235 g/mol. The number of carbonyl (C=O) groups is 1. The van der Waals surface area contributed by atoms with Crippen molar-refractivity contribution in [3.63, 3.8) is 0 Å². The SMILES string of the molecule is COC(=O)C1(c2nncn2C2CCCC2)CC1. The normalized spacial score (nSPS) is 22.6. The summed E-state index contributed by atoms with van der Waals surface area (Å²) in [6.07, 6.45) is 8.30. The van der Waals surface area contributed by atoms with E-state index in [9.17, 15) is 4.79 Å². The lowest BCUT2D eigenvalue weighted by molar-refractivity contribution is -0.144. The molecule has 0 spiro atoms. The lowest BCUT2D eigenvalue weighted by Gasteiger charge is -2.18. The van der Waals surface area contributed by atoms with Crippen LogP contribution in [0.5, 0.6) is 0 Å². The third-order valence-corrected chi connectivity index (χ3v) is 4.05. The fraction of sp³-hybridized carbons (Fsp3) is 0.750. The van der Waals surface area contributed by atoms with Crippen LogP contribution in [0.3, 0.4) is 0 Å². The Kier molecular flexibility index (Phi) is 2.42. The quantitative estimate of drug-likeness (QED) is 0.747. The van der Waals surface area contributed by atoms with Crippen molar-refractivity contribution in [1.29, 1.82) is 0 Å². The summed E-state index contributed by atoms with van der Waals surface area (Å²) in [5.41, 5.74) is -0.492. The molecule has 2 saturated carbocycles. The van der Waals surface area contributed by atoms with Crippen LogP contribution < -0.4 is 0 Å². The van der Waals surface area contributed by atoms with E-state index < -0.39 is 5.41 Å². The number of nitrogens with zero attached hydrogens (tertiary/aromatic N) is 3. The van der Waals surface area contributed by atoms with Crippen molar-refractivity contribution in [3.8, 4) is 0 Å². The minimum atomic E-state index is -0.492. The molecule has 1 aromatic rings. The first-order valence-corrected chi connectivity index (χ1v) is 6.26. The van der Waals surface area contributed by atoms with Crippen LogP contribution in [0.2, 0.25) is 0 Å². The molecule has 0 atom stereocenters. The molecule has 0 unspecified atom stereocenters. The Labute approximate surface area is 100 Å². The Bertz CT molecular complexity index is 431. The Morgan fingerprint density at radius 2 is 2.18 bits per heavy atom. The fourth-order valence-corrected chi connectivity index (χ4v) is 2.87. The zero-order valence-electron chi connectivity index (χ0n) is 10.1. The molecule has 0 saturated heterocycles. The molecule has 1 aromatic heterocycles. The van der Waals surface area contributed by atoms with Crippen LogP contribution in [0.1, 0.15) is 50.4 Å². The highest BCUT2D eigenvalue weighted by Gasteiger charge is 2.56. The van der Waals surface area contributed by atoms with Gasteiger partial charge < -0.3 is 9.30 Å². The Morgan fingerprint density at radius 1 is 1.47 bits per heavy atom. The summed E-state index contributed by atoms with van der Waals surface area (Å²) in [5.74, 6) is 0.654. The van der Waals surface area contributed by atoms with Crippen LogP contribution in [0.15, 0.2) is 6.33 Å². The summed E-state index contributed by atoms with van der Waals surface area (Å²) < 4.78 is 7.01. The molecular formula is C12H17N3O2. The summed E-state index contributed by atoms with van der Waals surface area (Å²) in [6.45, 7) is 0. The van der Waals surface area contributed by atoms with E-state index in [1.807, 2.05) is 0 Å². The van der Waals surface area contributed by atoms with Gasteiger partial charge in [0.2, 0.25) is 0 Å². The van der Waals surface area contributed by atoms with E-state index in [1.165, 1.54) is 32.8 Å². The summed E-state index contributed by atoms with van der Waals surface area (Å²) in [7, 11) is 1.44. The molecule has 17 heavy (non-hydrogen) atoms. The lowest BCUT2D eigenvalue weighted by atomic mass is 10.1. The Hall–Kier alpha value is -1.39. The average Bonchev–Trinajstić information content (AvgIpc) is 2.84. The standard InChI is InChI=1S/C12H17N3O2/c1-17-11(16)12(6-7-12)10-14-13-8-15(10)9-4-2-3-5-9/h8-9H,2-7H2,1H3. The van der Waals surface area contributed by atoms with Crippen molar-refractivity contribution in [2.24, 2.45) is 0 Å². The van der Waals surface area contributed by atoms with E-state index >= 15 is 0 Å². The van der Waals surface area contributed by atoms with Gasteiger partial charge in [-0.1, -0.05) is 12.8 Å². The van der Waals surface area contributed by atoms with E-state index in [0.29, 0.717) is 6.04 Å². The van der Waals surface area contributed by atoms with Crippen molar-refractivity contribution >= 4 is 5.97 Å². The number of carbonyl (C=O) groups excluding carboxylic acids is 1. The molecular weight excluding hydrogens is 218 g/mol. The van der Waals surface area contributed by atoms with Gasteiger partial charge in [-0.15, -0.1) is 10.2 Å². The van der Waals surface area contributed by atoms with Crippen molar-refractivity contribution in [2.45, 2.75) is 50.0 Å². The molecule has 92 valence electrons. The van der Waals surface area contributed by atoms with Gasteiger partial charge in [0.05, 0.1) is 7.11 Å². The van der Waals surface area contributed by atoms with Gasteiger partial charge in [0.25, 0.3) is 0 Å². The summed E-state index contributed by atoms with van der Waals surface area (Å²) >= 11 is 0. The van der Waals surface area contributed by atoms with Crippen molar-refractivity contribution in [3.05, 3.63) is 12.2 Å². The van der Waals surface area contributed by atoms with E-state index in [2.05, 4.69) is 14.8 Å². The van der Waals surface area contributed by atoms with Crippen molar-refractivity contribution < 1.29 is 9.53 Å². The van der Waals surface area contributed by atoms with Gasteiger partial charge in [-0.05, 0) is 25.7 Å². The Morgan fingerprint density at radius 3 is 2.76 bits per heavy atom. The van der Waals surface area contributed by atoms with Gasteiger partial charge in [-0.3, -0.25) is 4.79 Å². The first kappa shape index (κ1) is 10.7. The first-order valence-electron chi connectivity index (χ1n) is 6.26. The number of rotatable bonds is 3. The topological polar surface area (TPSA) is 57.0 Å². The van der Waals surface area contributed by atoms with E-state index in [1.54, 1.807) is 6.33 Å². The molecule has 3 rings (SSSR count). The third-order valence-electron chi connectivity index (χ3n) is 4.05. The molecule has 2 aliphatic rings. The molecule has 0 aliphatic heterocycles. The summed E-state index contributed by atoms with van der Waals surface area (Å²) in [6, 6.07) is 0.474. The largest absolute Gasteiger partial charge is 0.468 e. The highest BCUT2D eigenvalue weighted by Crippen LogP contribution is 2.49. The van der Waals surface area contributed by atoms with Gasteiger partial charge in [0.15, 0.2) is 5.82 Å². The molecule has 1 heterocycles. The second-order valence-electron chi connectivity index (χ2n) is 5.07. The molecule has 2 fully saturated rings. The fourth-order valence-electron chi connectivity index (χ4n) is 2.87. The maximum Gasteiger partial charge on any atom is 0.319 e. The predicted molar refractivity (Wildman–Crippen MR) is 60.5 cm³/mol. The van der Waals surface area contributed by atoms with Gasteiger partial charge in [-0.2, -0.15) is 0 Å².